The third-order valence-electron chi connectivity index (χ3n) is 4.82. The standard InChI is InChI=1S/C20H17ClN6O3S/c1-12(18-19(24-5-4-23-18)27-11-13(9-22)10-25-27)26-20(28)14-6-15(21)8-17(7-14)31(29,30)16-2-3-16/h4-8,10-12,16H,2-3H2,1H3,(H,26,28). The molecule has 1 fully saturated rings. The van der Waals surface area contributed by atoms with Crippen molar-refractivity contribution in [3.63, 3.8) is 0 Å². The molecule has 0 bridgehead atoms. The lowest BCUT2D eigenvalue weighted by molar-refractivity contribution is 0.0939. The minimum absolute atomic E-state index is 0.0427. The van der Waals surface area contributed by atoms with E-state index in [0.29, 0.717) is 29.9 Å². The average molecular weight is 457 g/mol. The van der Waals surface area contributed by atoms with Crippen molar-refractivity contribution in [3.05, 3.63) is 64.8 Å². The number of aromatic nitrogens is 4. The Labute approximate surface area is 183 Å². The van der Waals surface area contributed by atoms with Gasteiger partial charge in [-0.25, -0.2) is 18.1 Å². The van der Waals surface area contributed by atoms with E-state index in [2.05, 4.69) is 20.4 Å². The van der Waals surface area contributed by atoms with Crippen molar-refractivity contribution < 1.29 is 13.2 Å². The van der Waals surface area contributed by atoms with Crippen molar-refractivity contribution in [1.82, 2.24) is 25.1 Å². The smallest absolute Gasteiger partial charge is 0.251 e. The largest absolute Gasteiger partial charge is 0.344 e. The van der Waals surface area contributed by atoms with Crippen molar-refractivity contribution in [2.75, 3.05) is 0 Å². The first kappa shape index (κ1) is 21.0. The molecule has 1 aliphatic rings. The van der Waals surface area contributed by atoms with E-state index >= 15 is 0 Å². The topological polar surface area (TPSA) is 131 Å². The van der Waals surface area contributed by atoms with Gasteiger partial charge in [0, 0.05) is 23.0 Å². The fourth-order valence-corrected chi connectivity index (χ4v) is 5.12. The molecule has 31 heavy (non-hydrogen) atoms. The molecule has 1 saturated carbocycles. The molecule has 1 amide bonds. The molecule has 1 unspecified atom stereocenters. The summed E-state index contributed by atoms with van der Waals surface area (Å²) < 4.78 is 26.5. The minimum Gasteiger partial charge on any atom is -0.344 e. The highest BCUT2D eigenvalue weighted by Crippen LogP contribution is 2.34. The van der Waals surface area contributed by atoms with Gasteiger partial charge in [-0.1, -0.05) is 11.6 Å². The first-order valence-corrected chi connectivity index (χ1v) is 11.3. The molecule has 1 N–H and O–H groups in total. The third-order valence-corrected chi connectivity index (χ3v) is 7.28. The molecule has 158 valence electrons. The van der Waals surface area contributed by atoms with Gasteiger partial charge in [0.1, 0.15) is 11.8 Å². The number of halogens is 1. The Morgan fingerprint density at radius 2 is 2.03 bits per heavy atom. The second-order valence-corrected chi connectivity index (χ2v) is 9.83. The Morgan fingerprint density at radius 3 is 2.71 bits per heavy atom. The number of sulfone groups is 1. The summed E-state index contributed by atoms with van der Waals surface area (Å²) in [7, 11) is -3.49. The van der Waals surface area contributed by atoms with E-state index in [0.717, 1.165) is 0 Å². The van der Waals surface area contributed by atoms with Crippen LogP contribution in [0.5, 0.6) is 0 Å². The predicted octanol–water partition coefficient (Wildman–Crippen LogP) is 2.61. The van der Waals surface area contributed by atoms with Gasteiger partial charge in [0.05, 0.1) is 34.1 Å². The average Bonchev–Trinajstić information content (AvgIpc) is 3.51. The van der Waals surface area contributed by atoms with Crippen LogP contribution in [-0.2, 0) is 9.84 Å². The number of nitrogens with zero attached hydrogens (tertiary/aromatic N) is 5. The number of hydrogen-bond acceptors (Lipinski definition) is 7. The summed E-state index contributed by atoms with van der Waals surface area (Å²) in [5, 5.41) is 15.7. The van der Waals surface area contributed by atoms with Gasteiger partial charge < -0.3 is 5.32 Å². The molecule has 0 saturated heterocycles. The Kier molecular flexibility index (Phi) is 5.47. The van der Waals surface area contributed by atoms with E-state index in [4.69, 9.17) is 16.9 Å². The number of amides is 1. The van der Waals surface area contributed by atoms with Crippen molar-refractivity contribution in [1.29, 1.82) is 5.26 Å². The Bertz CT molecular complexity index is 1310. The molecule has 11 heteroatoms. The molecule has 4 rings (SSSR count). The summed E-state index contributed by atoms with van der Waals surface area (Å²) in [6, 6.07) is 5.52. The van der Waals surface area contributed by atoms with Crippen LogP contribution >= 0.6 is 11.6 Å². The van der Waals surface area contributed by atoms with Crippen LogP contribution in [0.4, 0.5) is 0 Å². The van der Waals surface area contributed by atoms with E-state index in [1.165, 1.54) is 47.7 Å². The van der Waals surface area contributed by atoms with Gasteiger partial charge in [0.25, 0.3) is 5.91 Å². The Hall–Kier alpha value is -3.29. The number of carbonyl (C=O) groups is 1. The maximum absolute atomic E-state index is 12.9. The molecular formula is C20H17ClN6O3S. The zero-order valence-electron chi connectivity index (χ0n) is 16.4. The second kappa shape index (κ2) is 8.09. The zero-order valence-corrected chi connectivity index (χ0v) is 17.9. The van der Waals surface area contributed by atoms with Gasteiger partial charge in [-0.05, 0) is 38.0 Å². The van der Waals surface area contributed by atoms with Gasteiger partial charge in [0.15, 0.2) is 15.7 Å². The third kappa shape index (κ3) is 4.28. The molecule has 1 aliphatic carbocycles. The van der Waals surface area contributed by atoms with Crippen LogP contribution in [0.1, 0.15) is 47.4 Å². The maximum Gasteiger partial charge on any atom is 0.251 e. The minimum atomic E-state index is -3.49. The Morgan fingerprint density at radius 1 is 1.29 bits per heavy atom. The first-order chi connectivity index (χ1) is 14.8. The van der Waals surface area contributed by atoms with Crippen molar-refractivity contribution in [2.45, 2.75) is 36.0 Å². The van der Waals surface area contributed by atoms with Crippen LogP contribution in [-0.4, -0.2) is 39.3 Å². The number of carbonyl (C=O) groups excluding carboxylic acids is 1. The summed E-state index contributed by atoms with van der Waals surface area (Å²) in [5.74, 6) is -0.142. The molecule has 2 heterocycles. The predicted molar refractivity (Wildman–Crippen MR) is 111 cm³/mol. The quantitative estimate of drug-likeness (QED) is 0.603. The van der Waals surface area contributed by atoms with E-state index in [1.54, 1.807) is 6.92 Å². The summed E-state index contributed by atoms with van der Waals surface area (Å²) in [6.45, 7) is 1.71. The van der Waals surface area contributed by atoms with Crippen LogP contribution in [0.3, 0.4) is 0 Å². The zero-order chi connectivity index (χ0) is 22.2. The molecule has 3 aromatic rings. The van der Waals surface area contributed by atoms with E-state index in [1.807, 2.05) is 6.07 Å². The van der Waals surface area contributed by atoms with E-state index in [-0.39, 0.29) is 15.5 Å². The molecule has 0 aliphatic heterocycles. The normalized spacial score (nSPS) is 14.6. The molecule has 1 aromatic carbocycles. The fourth-order valence-electron chi connectivity index (χ4n) is 3.10. The summed E-state index contributed by atoms with van der Waals surface area (Å²) in [4.78, 5) is 21.5. The number of hydrogen-bond donors (Lipinski definition) is 1. The monoisotopic (exact) mass is 456 g/mol. The van der Waals surface area contributed by atoms with E-state index < -0.39 is 27.0 Å². The summed E-state index contributed by atoms with van der Waals surface area (Å²) in [6.07, 6.45) is 7.10. The highest BCUT2D eigenvalue weighted by Gasteiger charge is 2.37. The summed E-state index contributed by atoms with van der Waals surface area (Å²) >= 11 is 6.10. The van der Waals surface area contributed by atoms with Crippen LogP contribution in [0.2, 0.25) is 5.02 Å². The number of nitrogens with one attached hydrogen (secondary N) is 1. The molecule has 0 spiro atoms. The molecule has 9 nitrogen and oxygen atoms in total. The molecule has 0 radical (unpaired) electrons. The second-order valence-electron chi connectivity index (χ2n) is 7.17. The highest BCUT2D eigenvalue weighted by atomic mass is 35.5. The van der Waals surface area contributed by atoms with Crippen molar-refractivity contribution >= 4 is 27.3 Å². The van der Waals surface area contributed by atoms with Gasteiger partial charge in [-0.2, -0.15) is 10.4 Å². The lowest BCUT2D eigenvalue weighted by Crippen LogP contribution is -2.28. The number of rotatable bonds is 6. The molecular weight excluding hydrogens is 440 g/mol. The highest BCUT2D eigenvalue weighted by molar-refractivity contribution is 7.92. The van der Waals surface area contributed by atoms with Crippen molar-refractivity contribution in [2.24, 2.45) is 0 Å². The van der Waals surface area contributed by atoms with Crippen LogP contribution in [0, 0.1) is 11.3 Å². The van der Waals surface area contributed by atoms with Gasteiger partial charge in [-0.3, -0.25) is 9.78 Å². The van der Waals surface area contributed by atoms with Crippen LogP contribution < -0.4 is 5.32 Å². The number of nitriles is 1. The SMILES string of the molecule is CC(NC(=O)c1cc(Cl)cc(S(=O)(=O)C2CC2)c1)c1nccnc1-n1cc(C#N)cn1. The maximum atomic E-state index is 12.9. The van der Waals surface area contributed by atoms with Gasteiger partial charge in [0.2, 0.25) is 0 Å². The van der Waals surface area contributed by atoms with Crippen LogP contribution in [0.25, 0.3) is 5.82 Å². The van der Waals surface area contributed by atoms with Gasteiger partial charge in [-0.15, -0.1) is 0 Å². The lowest BCUT2D eigenvalue weighted by Gasteiger charge is -2.16. The van der Waals surface area contributed by atoms with Gasteiger partial charge >= 0.3 is 0 Å². The molecule has 1 atom stereocenters. The van der Waals surface area contributed by atoms with Crippen molar-refractivity contribution in [3.8, 4) is 11.9 Å². The molecule has 2 aromatic heterocycles. The fraction of sp³-hybridized carbons (Fsp3) is 0.250. The Balaban J connectivity index is 1.60. The van der Waals surface area contributed by atoms with E-state index in [9.17, 15) is 13.2 Å². The first-order valence-electron chi connectivity index (χ1n) is 9.41. The number of benzene rings is 1. The summed E-state index contributed by atoms with van der Waals surface area (Å²) in [5.41, 5.74) is 0.919. The lowest BCUT2D eigenvalue weighted by atomic mass is 10.1. The van der Waals surface area contributed by atoms with Crippen LogP contribution in [0.15, 0.2) is 47.9 Å².